The van der Waals surface area contributed by atoms with Gasteiger partial charge in [0.2, 0.25) is 0 Å². The van der Waals surface area contributed by atoms with Crippen molar-refractivity contribution in [2.24, 2.45) is 0 Å². The quantitative estimate of drug-likeness (QED) is 0.834. The molecular formula is C19H24N2OS. The van der Waals surface area contributed by atoms with Gasteiger partial charge in [0.05, 0.1) is 0 Å². The third-order valence-electron chi connectivity index (χ3n) is 4.37. The van der Waals surface area contributed by atoms with Crippen LogP contribution < -0.4 is 10.6 Å². The second-order valence-corrected chi connectivity index (χ2v) is 7.00. The highest BCUT2D eigenvalue weighted by Crippen LogP contribution is 2.30. The lowest BCUT2D eigenvalue weighted by Gasteiger charge is -2.13. The Morgan fingerprint density at radius 3 is 2.57 bits per heavy atom. The lowest BCUT2D eigenvalue weighted by atomic mass is 9.95. The van der Waals surface area contributed by atoms with Crippen LogP contribution in [0.4, 0.5) is 4.79 Å². The third-order valence-corrected chi connectivity index (χ3v) is 5.51. The van der Waals surface area contributed by atoms with Gasteiger partial charge in [0.15, 0.2) is 0 Å². The SMILES string of the molecule is O=C(NCCc1ccccc1)NCCc1csc2c1CCCC2. The summed E-state index contributed by atoms with van der Waals surface area (Å²) in [6.07, 6.45) is 6.91. The molecule has 0 saturated heterocycles. The van der Waals surface area contributed by atoms with Gasteiger partial charge in [-0.05, 0) is 60.6 Å². The molecule has 3 rings (SSSR count). The summed E-state index contributed by atoms with van der Waals surface area (Å²) in [6, 6.07) is 10.2. The summed E-state index contributed by atoms with van der Waals surface area (Å²) >= 11 is 1.89. The monoisotopic (exact) mass is 328 g/mol. The number of amides is 2. The molecule has 0 saturated carbocycles. The van der Waals surface area contributed by atoms with Gasteiger partial charge in [-0.3, -0.25) is 0 Å². The molecule has 1 aromatic carbocycles. The van der Waals surface area contributed by atoms with Crippen LogP contribution in [0.15, 0.2) is 35.7 Å². The normalized spacial score (nSPS) is 13.4. The second-order valence-electron chi connectivity index (χ2n) is 6.04. The fourth-order valence-electron chi connectivity index (χ4n) is 3.11. The van der Waals surface area contributed by atoms with Gasteiger partial charge < -0.3 is 10.6 Å². The summed E-state index contributed by atoms with van der Waals surface area (Å²) in [5.41, 5.74) is 4.25. The molecule has 0 aliphatic heterocycles. The third kappa shape index (κ3) is 4.58. The Morgan fingerprint density at radius 1 is 1.00 bits per heavy atom. The molecule has 0 bridgehead atoms. The summed E-state index contributed by atoms with van der Waals surface area (Å²) in [5, 5.41) is 8.18. The number of urea groups is 1. The number of nitrogens with one attached hydrogen (secondary N) is 2. The Balaban J connectivity index is 1.35. The van der Waals surface area contributed by atoms with Crippen LogP contribution in [0.5, 0.6) is 0 Å². The maximum Gasteiger partial charge on any atom is 0.314 e. The van der Waals surface area contributed by atoms with E-state index >= 15 is 0 Å². The second kappa shape index (κ2) is 8.16. The summed E-state index contributed by atoms with van der Waals surface area (Å²) in [5.74, 6) is 0. The van der Waals surface area contributed by atoms with Gasteiger partial charge in [0, 0.05) is 18.0 Å². The van der Waals surface area contributed by atoms with Crippen molar-refractivity contribution < 1.29 is 4.79 Å². The van der Waals surface area contributed by atoms with Crippen LogP contribution in [0.25, 0.3) is 0 Å². The fourth-order valence-corrected chi connectivity index (χ4v) is 4.29. The first kappa shape index (κ1) is 16.1. The Hall–Kier alpha value is -1.81. The lowest BCUT2D eigenvalue weighted by Crippen LogP contribution is -2.37. The fraction of sp³-hybridized carbons (Fsp3) is 0.421. The van der Waals surface area contributed by atoms with E-state index in [0.29, 0.717) is 13.1 Å². The van der Waals surface area contributed by atoms with E-state index in [1.54, 1.807) is 10.4 Å². The molecule has 0 unspecified atom stereocenters. The minimum absolute atomic E-state index is 0.0648. The van der Waals surface area contributed by atoms with Gasteiger partial charge in [0.25, 0.3) is 0 Å². The topological polar surface area (TPSA) is 41.1 Å². The Morgan fingerprint density at radius 2 is 1.74 bits per heavy atom. The molecule has 2 amide bonds. The highest BCUT2D eigenvalue weighted by Gasteiger charge is 2.15. The summed E-state index contributed by atoms with van der Waals surface area (Å²) in [6.45, 7) is 1.38. The Kier molecular flexibility index (Phi) is 5.70. The van der Waals surface area contributed by atoms with Crippen LogP contribution in [0.1, 0.15) is 34.4 Å². The van der Waals surface area contributed by atoms with Crippen molar-refractivity contribution in [3.8, 4) is 0 Å². The molecule has 3 nitrogen and oxygen atoms in total. The molecule has 23 heavy (non-hydrogen) atoms. The van der Waals surface area contributed by atoms with E-state index < -0.39 is 0 Å². The van der Waals surface area contributed by atoms with E-state index in [2.05, 4.69) is 28.1 Å². The molecule has 122 valence electrons. The molecule has 1 aliphatic carbocycles. The molecule has 1 aliphatic rings. The molecule has 2 aromatic rings. The number of benzene rings is 1. The first-order chi connectivity index (χ1) is 11.3. The van der Waals surface area contributed by atoms with E-state index in [0.717, 1.165) is 12.8 Å². The minimum atomic E-state index is -0.0648. The van der Waals surface area contributed by atoms with E-state index in [9.17, 15) is 4.79 Å². The van der Waals surface area contributed by atoms with Gasteiger partial charge in [0.1, 0.15) is 0 Å². The lowest BCUT2D eigenvalue weighted by molar-refractivity contribution is 0.241. The van der Waals surface area contributed by atoms with Crippen molar-refractivity contribution in [3.05, 3.63) is 57.3 Å². The van der Waals surface area contributed by atoms with Crippen molar-refractivity contribution in [2.75, 3.05) is 13.1 Å². The van der Waals surface area contributed by atoms with Gasteiger partial charge in [-0.2, -0.15) is 0 Å². The molecule has 0 radical (unpaired) electrons. The average Bonchev–Trinajstić information content (AvgIpc) is 2.99. The first-order valence-corrected chi connectivity index (χ1v) is 9.34. The largest absolute Gasteiger partial charge is 0.338 e. The minimum Gasteiger partial charge on any atom is -0.338 e. The molecule has 2 N–H and O–H groups in total. The number of fused-ring (bicyclic) bond motifs is 1. The van der Waals surface area contributed by atoms with Crippen LogP contribution in [0.2, 0.25) is 0 Å². The van der Waals surface area contributed by atoms with Gasteiger partial charge in [-0.1, -0.05) is 30.3 Å². The van der Waals surface area contributed by atoms with E-state index in [1.807, 2.05) is 29.5 Å². The van der Waals surface area contributed by atoms with Crippen LogP contribution in [-0.2, 0) is 25.7 Å². The van der Waals surface area contributed by atoms with E-state index in [-0.39, 0.29) is 6.03 Å². The predicted molar refractivity (Wildman–Crippen MR) is 96.2 cm³/mol. The Labute approximate surface area is 142 Å². The highest BCUT2D eigenvalue weighted by molar-refractivity contribution is 7.10. The van der Waals surface area contributed by atoms with Crippen molar-refractivity contribution in [2.45, 2.75) is 38.5 Å². The molecule has 0 atom stereocenters. The zero-order valence-corrected chi connectivity index (χ0v) is 14.3. The number of rotatable bonds is 6. The number of hydrogen-bond acceptors (Lipinski definition) is 2. The molecule has 0 fully saturated rings. The summed E-state index contributed by atoms with van der Waals surface area (Å²) < 4.78 is 0. The van der Waals surface area contributed by atoms with Gasteiger partial charge in [-0.25, -0.2) is 4.79 Å². The molecule has 1 aromatic heterocycles. The predicted octanol–water partition coefficient (Wildman–Crippen LogP) is 3.71. The molecule has 1 heterocycles. The maximum atomic E-state index is 11.8. The smallest absolute Gasteiger partial charge is 0.314 e. The van der Waals surface area contributed by atoms with Crippen LogP contribution >= 0.6 is 11.3 Å². The summed E-state index contributed by atoms with van der Waals surface area (Å²) in [7, 11) is 0. The zero-order valence-electron chi connectivity index (χ0n) is 13.4. The van der Waals surface area contributed by atoms with Crippen molar-refractivity contribution in [3.63, 3.8) is 0 Å². The van der Waals surface area contributed by atoms with Crippen molar-refractivity contribution in [1.82, 2.24) is 10.6 Å². The first-order valence-electron chi connectivity index (χ1n) is 8.46. The van der Waals surface area contributed by atoms with Crippen molar-refractivity contribution >= 4 is 17.4 Å². The van der Waals surface area contributed by atoms with Crippen LogP contribution in [-0.4, -0.2) is 19.1 Å². The van der Waals surface area contributed by atoms with E-state index in [1.165, 1.54) is 36.8 Å². The number of hydrogen-bond donors (Lipinski definition) is 2. The van der Waals surface area contributed by atoms with Crippen molar-refractivity contribution in [1.29, 1.82) is 0 Å². The van der Waals surface area contributed by atoms with E-state index in [4.69, 9.17) is 0 Å². The number of aryl methyl sites for hydroxylation is 1. The summed E-state index contributed by atoms with van der Waals surface area (Å²) in [4.78, 5) is 13.4. The molecule has 0 spiro atoms. The number of carbonyl (C=O) groups is 1. The molecule has 4 heteroatoms. The highest BCUT2D eigenvalue weighted by atomic mass is 32.1. The molecular weight excluding hydrogens is 304 g/mol. The zero-order chi connectivity index (χ0) is 15.9. The number of carbonyl (C=O) groups excluding carboxylic acids is 1. The maximum absolute atomic E-state index is 11.8. The van der Waals surface area contributed by atoms with Crippen LogP contribution in [0.3, 0.4) is 0 Å². The Bertz CT molecular complexity index is 636. The van der Waals surface area contributed by atoms with Crippen LogP contribution in [0, 0.1) is 0 Å². The standard InChI is InChI=1S/C19H24N2OS/c22-19(20-12-10-15-6-2-1-3-7-15)21-13-11-16-14-23-18-9-5-4-8-17(16)18/h1-3,6-7,14H,4-5,8-13H2,(H2,20,21,22). The average molecular weight is 328 g/mol. The van der Waals surface area contributed by atoms with Gasteiger partial charge in [-0.15, -0.1) is 11.3 Å². The van der Waals surface area contributed by atoms with Gasteiger partial charge >= 0.3 is 6.03 Å². The number of thiophene rings is 1.